The molecule has 0 unspecified atom stereocenters. The molecule has 1 heterocycles. The highest BCUT2D eigenvalue weighted by atomic mass is 35.5. The summed E-state index contributed by atoms with van der Waals surface area (Å²) in [4.78, 5) is 11.0. The molecule has 5 heteroatoms. The van der Waals surface area contributed by atoms with Gasteiger partial charge >= 0.3 is 5.97 Å². The quantitative estimate of drug-likeness (QED) is 0.845. The van der Waals surface area contributed by atoms with E-state index in [0.717, 1.165) is 5.69 Å². The maximum absolute atomic E-state index is 11.0. The molecule has 0 radical (unpaired) electrons. The molecule has 16 heavy (non-hydrogen) atoms. The second-order valence-corrected chi connectivity index (χ2v) is 4.38. The predicted octanol–water partition coefficient (Wildman–Crippen LogP) is 1.85. The van der Waals surface area contributed by atoms with Crippen LogP contribution in [-0.4, -0.2) is 30.8 Å². The second kappa shape index (κ2) is 4.31. The molecular formula is C11H12ClNO3. The number of aliphatic carboxylic acids is 1. The normalized spacial score (nSPS) is 17.6. The number of nitrogens with one attached hydrogen (secondary N) is 1. The van der Waals surface area contributed by atoms with Crippen molar-refractivity contribution in [1.29, 1.82) is 0 Å². The van der Waals surface area contributed by atoms with Crippen molar-refractivity contribution in [3.8, 4) is 0 Å². The van der Waals surface area contributed by atoms with E-state index in [1.165, 1.54) is 0 Å². The zero-order valence-electron chi connectivity index (χ0n) is 8.57. The molecule has 1 aliphatic rings. The topological polar surface area (TPSA) is 58.6 Å². The fraction of sp³-hybridized carbons (Fsp3) is 0.364. The maximum Gasteiger partial charge on any atom is 0.316 e. The number of hydrogen-bond acceptors (Lipinski definition) is 3. The number of anilines is 1. The molecule has 0 saturated carbocycles. The summed E-state index contributed by atoms with van der Waals surface area (Å²) in [5.74, 6) is -0.819. The third-order valence-electron chi connectivity index (χ3n) is 2.69. The predicted molar refractivity (Wildman–Crippen MR) is 60.8 cm³/mol. The van der Waals surface area contributed by atoms with E-state index >= 15 is 0 Å². The van der Waals surface area contributed by atoms with Crippen LogP contribution in [0.5, 0.6) is 0 Å². The lowest BCUT2D eigenvalue weighted by molar-refractivity contribution is -0.176. The Bertz CT molecular complexity index is 387. The van der Waals surface area contributed by atoms with Gasteiger partial charge in [0.25, 0.3) is 0 Å². The van der Waals surface area contributed by atoms with Gasteiger partial charge in [0, 0.05) is 17.3 Å². The smallest absolute Gasteiger partial charge is 0.316 e. The van der Waals surface area contributed by atoms with Crippen LogP contribution in [0.3, 0.4) is 0 Å². The molecular weight excluding hydrogens is 230 g/mol. The third-order valence-corrected chi connectivity index (χ3v) is 2.94. The van der Waals surface area contributed by atoms with Crippen molar-refractivity contribution < 1.29 is 14.6 Å². The van der Waals surface area contributed by atoms with E-state index in [4.69, 9.17) is 21.4 Å². The Morgan fingerprint density at radius 2 is 2.06 bits per heavy atom. The number of hydrogen-bond donors (Lipinski definition) is 2. The molecule has 0 amide bonds. The van der Waals surface area contributed by atoms with Gasteiger partial charge in [0.1, 0.15) is 5.41 Å². The molecule has 0 atom stereocenters. The Kier molecular flexibility index (Phi) is 3.03. The maximum atomic E-state index is 11.0. The highest BCUT2D eigenvalue weighted by Crippen LogP contribution is 2.28. The van der Waals surface area contributed by atoms with Gasteiger partial charge in [0.15, 0.2) is 0 Å². The zero-order valence-corrected chi connectivity index (χ0v) is 9.33. The summed E-state index contributed by atoms with van der Waals surface area (Å²) in [5, 5.41) is 12.8. The molecule has 2 rings (SSSR count). The number of carboxylic acids is 1. The molecule has 2 N–H and O–H groups in total. The van der Waals surface area contributed by atoms with E-state index < -0.39 is 11.4 Å². The Morgan fingerprint density at radius 3 is 2.50 bits per heavy atom. The molecule has 1 aromatic carbocycles. The van der Waals surface area contributed by atoms with Gasteiger partial charge in [-0.05, 0) is 24.3 Å². The minimum atomic E-state index is -0.819. The van der Waals surface area contributed by atoms with Crippen molar-refractivity contribution in [3.05, 3.63) is 29.3 Å². The number of ether oxygens (including phenoxy) is 1. The highest BCUT2D eigenvalue weighted by molar-refractivity contribution is 6.30. The van der Waals surface area contributed by atoms with E-state index in [-0.39, 0.29) is 13.2 Å². The van der Waals surface area contributed by atoms with Gasteiger partial charge in [-0.3, -0.25) is 4.79 Å². The standard InChI is InChI=1S/C11H12ClNO3/c12-8-1-3-9(4-2-8)13-5-11(10(14)15)6-16-7-11/h1-4,13H,5-7H2,(H,14,15). The molecule has 86 valence electrons. The van der Waals surface area contributed by atoms with Crippen molar-refractivity contribution in [2.45, 2.75) is 0 Å². The SMILES string of the molecule is O=C(O)C1(CNc2ccc(Cl)cc2)COC1. The first kappa shape index (κ1) is 11.2. The summed E-state index contributed by atoms with van der Waals surface area (Å²) >= 11 is 5.75. The monoisotopic (exact) mass is 241 g/mol. The molecule has 4 nitrogen and oxygen atoms in total. The Labute approximate surface area is 98.2 Å². The number of rotatable bonds is 4. The number of carbonyl (C=O) groups is 1. The molecule has 0 aliphatic carbocycles. The molecule has 1 aromatic rings. The van der Waals surface area contributed by atoms with Crippen LogP contribution in [0.1, 0.15) is 0 Å². The van der Waals surface area contributed by atoms with Gasteiger partial charge in [-0.25, -0.2) is 0 Å². The van der Waals surface area contributed by atoms with E-state index in [9.17, 15) is 4.79 Å². The molecule has 0 bridgehead atoms. The second-order valence-electron chi connectivity index (χ2n) is 3.94. The van der Waals surface area contributed by atoms with Crippen molar-refractivity contribution in [1.82, 2.24) is 0 Å². The molecule has 1 saturated heterocycles. The van der Waals surface area contributed by atoms with Crippen LogP contribution in [0.25, 0.3) is 0 Å². The first-order valence-corrected chi connectivity index (χ1v) is 5.31. The lowest BCUT2D eigenvalue weighted by Crippen LogP contribution is -2.53. The number of carboxylic acid groups (broad SMARTS) is 1. The summed E-state index contributed by atoms with van der Waals surface area (Å²) in [6, 6.07) is 7.15. The van der Waals surface area contributed by atoms with Crippen LogP contribution in [-0.2, 0) is 9.53 Å². The molecule has 0 spiro atoms. The highest BCUT2D eigenvalue weighted by Gasteiger charge is 2.46. The van der Waals surface area contributed by atoms with E-state index in [2.05, 4.69) is 5.32 Å². The molecule has 0 aromatic heterocycles. The van der Waals surface area contributed by atoms with Crippen molar-refractivity contribution in [3.63, 3.8) is 0 Å². The average molecular weight is 242 g/mol. The van der Waals surface area contributed by atoms with Gasteiger partial charge in [0.05, 0.1) is 13.2 Å². The van der Waals surface area contributed by atoms with E-state index in [1.807, 2.05) is 12.1 Å². The average Bonchev–Trinajstić information content (AvgIpc) is 2.18. The molecule has 1 aliphatic heterocycles. The van der Waals surface area contributed by atoms with Crippen LogP contribution in [0, 0.1) is 5.41 Å². The minimum absolute atomic E-state index is 0.267. The van der Waals surface area contributed by atoms with Gasteiger partial charge in [-0.1, -0.05) is 11.6 Å². The van der Waals surface area contributed by atoms with Crippen LogP contribution in [0.4, 0.5) is 5.69 Å². The summed E-state index contributed by atoms with van der Waals surface area (Å²) in [7, 11) is 0. The first-order chi connectivity index (χ1) is 7.62. The fourth-order valence-corrected chi connectivity index (χ4v) is 1.61. The Morgan fingerprint density at radius 1 is 1.44 bits per heavy atom. The van der Waals surface area contributed by atoms with Crippen LogP contribution in [0.15, 0.2) is 24.3 Å². The van der Waals surface area contributed by atoms with Gasteiger partial charge in [-0.2, -0.15) is 0 Å². The number of halogens is 1. The zero-order chi connectivity index (χ0) is 11.6. The fourth-order valence-electron chi connectivity index (χ4n) is 1.49. The summed E-state index contributed by atoms with van der Waals surface area (Å²) in [6.45, 7) is 0.899. The Hall–Kier alpha value is -1.26. The van der Waals surface area contributed by atoms with Crippen LogP contribution in [0.2, 0.25) is 5.02 Å². The summed E-state index contributed by atoms with van der Waals surface area (Å²) in [6.07, 6.45) is 0. The van der Waals surface area contributed by atoms with Crippen LogP contribution >= 0.6 is 11.6 Å². The van der Waals surface area contributed by atoms with Crippen LogP contribution < -0.4 is 5.32 Å². The lowest BCUT2D eigenvalue weighted by Gasteiger charge is -2.37. The summed E-state index contributed by atoms with van der Waals surface area (Å²) < 4.78 is 4.97. The van der Waals surface area contributed by atoms with Gasteiger partial charge in [0.2, 0.25) is 0 Å². The lowest BCUT2D eigenvalue weighted by atomic mass is 9.86. The van der Waals surface area contributed by atoms with Crippen molar-refractivity contribution >= 4 is 23.3 Å². The minimum Gasteiger partial charge on any atom is -0.481 e. The van der Waals surface area contributed by atoms with Crippen molar-refractivity contribution in [2.24, 2.45) is 5.41 Å². The third kappa shape index (κ3) is 2.13. The summed E-state index contributed by atoms with van der Waals surface area (Å²) in [5.41, 5.74) is 0.0801. The van der Waals surface area contributed by atoms with E-state index in [1.54, 1.807) is 12.1 Å². The Balaban J connectivity index is 1.96. The van der Waals surface area contributed by atoms with Gasteiger partial charge in [-0.15, -0.1) is 0 Å². The van der Waals surface area contributed by atoms with Crippen molar-refractivity contribution in [2.75, 3.05) is 25.1 Å². The van der Waals surface area contributed by atoms with E-state index in [0.29, 0.717) is 11.6 Å². The first-order valence-electron chi connectivity index (χ1n) is 4.93. The largest absolute Gasteiger partial charge is 0.481 e. The van der Waals surface area contributed by atoms with Gasteiger partial charge < -0.3 is 15.2 Å². The number of benzene rings is 1. The molecule has 1 fully saturated rings.